The summed E-state index contributed by atoms with van der Waals surface area (Å²) < 4.78 is 0. The number of carbonyl (C=O) groups excluding carboxylic acids is 3. The van der Waals surface area contributed by atoms with Gasteiger partial charge in [0.1, 0.15) is 22.8 Å². The van der Waals surface area contributed by atoms with E-state index in [-0.39, 0.29) is 29.7 Å². The van der Waals surface area contributed by atoms with Crippen LogP contribution in [0.5, 0.6) is 5.75 Å². The number of aryl methyl sites for hydroxylation is 1. The second-order valence-corrected chi connectivity index (χ2v) is 10.5. The van der Waals surface area contributed by atoms with Gasteiger partial charge >= 0.3 is 0 Å². The van der Waals surface area contributed by atoms with Gasteiger partial charge in [0.05, 0.1) is 11.6 Å². The molecule has 1 saturated carbocycles. The van der Waals surface area contributed by atoms with Crippen LogP contribution in [0.15, 0.2) is 35.6 Å². The van der Waals surface area contributed by atoms with Gasteiger partial charge in [-0.25, -0.2) is 0 Å². The average Bonchev–Trinajstić information content (AvgIpc) is 2.79. The van der Waals surface area contributed by atoms with Gasteiger partial charge in [-0.1, -0.05) is 12.1 Å². The first-order valence-electron chi connectivity index (χ1n) is 12.1. The van der Waals surface area contributed by atoms with Crippen LogP contribution in [-0.4, -0.2) is 87.0 Å². The molecule has 4 atom stereocenters. The highest BCUT2D eigenvalue weighted by Crippen LogP contribution is 2.53. The van der Waals surface area contributed by atoms with E-state index in [0.717, 1.165) is 5.56 Å². The standard InChI is InChI=1S/C27H33N3O7/c1-6-7-30(5)11-14-8-12(2)15-9-13-10-16-20(29(3)4)23(33)19(26(28)36)25(35)27(16,37)24(34)17(13)22(32)18(15)21(14)31/h6,8,13,16,20,31-32,35,37H,1,7,9-11H2,2-5H3,(H2,28,36)/t13-,16-,20+,27-/m0/s1. The highest BCUT2D eigenvalue weighted by molar-refractivity contribution is 6.24. The number of primary amides is 1. The molecule has 1 aromatic rings. The molecule has 4 rings (SSSR count). The maximum Gasteiger partial charge on any atom is 0.255 e. The summed E-state index contributed by atoms with van der Waals surface area (Å²) in [6.07, 6.45) is 2.06. The van der Waals surface area contributed by atoms with E-state index in [1.807, 2.05) is 24.9 Å². The minimum atomic E-state index is -2.64. The van der Waals surface area contributed by atoms with E-state index < -0.39 is 58.0 Å². The highest BCUT2D eigenvalue weighted by atomic mass is 16.3. The van der Waals surface area contributed by atoms with Crippen molar-refractivity contribution in [2.45, 2.75) is 38.0 Å². The Hall–Kier alpha value is -3.47. The van der Waals surface area contributed by atoms with E-state index in [1.165, 1.54) is 4.90 Å². The summed E-state index contributed by atoms with van der Waals surface area (Å²) in [5.41, 5.74) is 3.86. The molecule has 10 heteroatoms. The molecule has 6 N–H and O–H groups in total. The Balaban J connectivity index is 1.92. The summed E-state index contributed by atoms with van der Waals surface area (Å²) in [6, 6.07) is 0.739. The second-order valence-electron chi connectivity index (χ2n) is 10.5. The molecule has 3 aliphatic rings. The quantitative estimate of drug-likeness (QED) is 0.275. The maximum absolute atomic E-state index is 13.9. The minimum Gasteiger partial charge on any atom is -0.508 e. The number of aliphatic hydroxyl groups excluding tert-OH is 2. The summed E-state index contributed by atoms with van der Waals surface area (Å²) >= 11 is 0. The van der Waals surface area contributed by atoms with Crippen molar-refractivity contribution >= 4 is 23.2 Å². The fraction of sp³-hybridized carbons (Fsp3) is 0.444. The van der Waals surface area contributed by atoms with Crippen LogP contribution < -0.4 is 5.73 Å². The van der Waals surface area contributed by atoms with Gasteiger partial charge in [0, 0.05) is 30.1 Å². The van der Waals surface area contributed by atoms with E-state index in [2.05, 4.69) is 6.58 Å². The molecule has 1 aromatic carbocycles. The van der Waals surface area contributed by atoms with Crippen LogP contribution in [0.2, 0.25) is 0 Å². The van der Waals surface area contributed by atoms with Crippen molar-refractivity contribution in [2.75, 3.05) is 27.7 Å². The summed E-state index contributed by atoms with van der Waals surface area (Å²) in [5, 5.41) is 45.1. The van der Waals surface area contributed by atoms with Gasteiger partial charge in [0.2, 0.25) is 5.78 Å². The number of Topliss-reactive ketones (excluding diaryl/α,β-unsaturated/α-hetero) is 2. The third kappa shape index (κ3) is 3.78. The van der Waals surface area contributed by atoms with E-state index in [0.29, 0.717) is 24.2 Å². The van der Waals surface area contributed by atoms with Crippen LogP contribution in [0.4, 0.5) is 0 Å². The first-order valence-corrected chi connectivity index (χ1v) is 12.1. The van der Waals surface area contributed by atoms with Crippen LogP contribution in [-0.2, 0) is 27.3 Å². The smallest absolute Gasteiger partial charge is 0.255 e. The number of phenols is 1. The van der Waals surface area contributed by atoms with Crippen molar-refractivity contribution in [3.05, 3.63) is 57.9 Å². The van der Waals surface area contributed by atoms with E-state index in [1.54, 1.807) is 20.2 Å². The van der Waals surface area contributed by atoms with Crippen molar-refractivity contribution < 1.29 is 34.8 Å². The van der Waals surface area contributed by atoms with Crippen LogP contribution in [0.3, 0.4) is 0 Å². The van der Waals surface area contributed by atoms with Crippen molar-refractivity contribution in [2.24, 2.45) is 17.6 Å². The van der Waals surface area contributed by atoms with Gasteiger partial charge in [0.25, 0.3) is 5.91 Å². The Morgan fingerprint density at radius 1 is 1.24 bits per heavy atom. The zero-order valence-corrected chi connectivity index (χ0v) is 21.4. The third-order valence-electron chi connectivity index (χ3n) is 7.90. The number of phenolic OH excluding ortho intramolecular Hbond substituents is 1. The number of nitrogens with zero attached hydrogens (tertiary/aromatic N) is 2. The number of benzene rings is 1. The van der Waals surface area contributed by atoms with E-state index in [9.17, 15) is 34.8 Å². The molecule has 0 aromatic heterocycles. The number of aromatic hydroxyl groups is 1. The second kappa shape index (κ2) is 9.13. The molecule has 198 valence electrons. The predicted octanol–water partition coefficient (Wildman–Crippen LogP) is 0.890. The summed E-state index contributed by atoms with van der Waals surface area (Å²) in [5.74, 6) is -6.47. The molecule has 3 aliphatic carbocycles. The molecule has 0 unspecified atom stereocenters. The number of nitrogens with two attached hydrogens (primary N) is 1. The molecule has 10 nitrogen and oxygen atoms in total. The predicted molar refractivity (Wildman–Crippen MR) is 136 cm³/mol. The number of hydrogen-bond donors (Lipinski definition) is 5. The van der Waals surface area contributed by atoms with Gasteiger partial charge in [0.15, 0.2) is 11.4 Å². The molecule has 37 heavy (non-hydrogen) atoms. The van der Waals surface area contributed by atoms with Crippen molar-refractivity contribution in [3.8, 4) is 5.75 Å². The zero-order valence-electron chi connectivity index (χ0n) is 21.4. The minimum absolute atomic E-state index is 0.0653. The maximum atomic E-state index is 13.9. The fourth-order valence-electron chi connectivity index (χ4n) is 6.26. The molecule has 1 fully saturated rings. The summed E-state index contributed by atoms with van der Waals surface area (Å²) in [7, 11) is 4.99. The molecule has 0 aliphatic heterocycles. The third-order valence-corrected chi connectivity index (χ3v) is 7.90. The van der Waals surface area contributed by atoms with Crippen LogP contribution in [0.25, 0.3) is 5.76 Å². The van der Waals surface area contributed by atoms with Crippen molar-refractivity contribution in [1.82, 2.24) is 9.80 Å². The Labute approximate surface area is 215 Å². The molecule has 0 radical (unpaired) electrons. The summed E-state index contributed by atoms with van der Waals surface area (Å²) in [4.78, 5) is 42.5. The number of ketones is 2. The Bertz CT molecular complexity index is 1300. The first-order chi connectivity index (χ1) is 17.3. The number of amides is 1. The monoisotopic (exact) mass is 511 g/mol. The average molecular weight is 512 g/mol. The lowest BCUT2D eigenvalue weighted by Crippen LogP contribution is -2.65. The lowest BCUT2D eigenvalue weighted by Gasteiger charge is -2.50. The molecule has 0 saturated heterocycles. The first kappa shape index (κ1) is 26.6. The van der Waals surface area contributed by atoms with Gasteiger partial charge in [-0.3, -0.25) is 24.2 Å². The SMILES string of the molecule is C=CCN(C)Cc1cc(C)c2c(c1O)C(O)=C1C(=O)[C@]3(O)C(O)=C(C(N)=O)C(=O)[C@H](N(C)C)[C@@H]3C[C@@H]1C2. The highest BCUT2D eigenvalue weighted by Gasteiger charge is 2.64. The van der Waals surface area contributed by atoms with Gasteiger partial charge in [-0.05, 0) is 58.0 Å². The number of hydrogen-bond acceptors (Lipinski definition) is 9. The van der Waals surface area contributed by atoms with Gasteiger partial charge < -0.3 is 26.2 Å². The number of carbonyl (C=O) groups is 3. The Morgan fingerprint density at radius 3 is 2.46 bits per heavy atom. The van der Waals surface area contributed by atoms with Crippen LogP contribution in [0.1, 0.15) is 28.7 Å². The molecular formula is C27H33N3O7. The Morgan fingerprint density at radius 2 is 1.89 bits per heavy atom. The van der Waals surface area contributed by atoms with Crippen molar-refractivity contribution in [1.29, 1.82) is 0 Å². The topological polar surface area (TPSA) is 165 Å². The van der Waals surface area contributed by atoms with Gasteiger partial charge in [-0.15, -0.1) is 6.58 Å². The molecule has 0 heterocycles. The zero-order chi connectivity index (χ0) is 27.6. The van der Waals surface area contributed by atoms with E-state index >= 15 is 0 Å². The lowest BCUT2D eigenvalue weighted by atomic mass is 9.57. The number of aliphatic hydroxyl groups is 3. The number of fused-ring (bicyclic) bond motifs is 3. The van der Waals surface area contributed by atoms with Gasteiger partial charge in [-0.2, -0.15) is 0 Å². The van der Waals surface area contributed by atoms with Crippen LogP contribution >= 0.6 is 0 Å². The fourth-order valence-corrected chi connectivity index (χ4v) is 6.26. The molecule has 0 bridgehead atoms. The largest absolute Gasteiger partial charge is 0.508 e. The molecule has 0 spiro atoms. The number of likely N-dealkylation sites (N-methyl/N-ethyl adjacent to an activating group) is 2. The number of rotatable bonds is 6. The molecular weight excluding hydrogens is 478 g/mol. The normalized spacial score (nSPS) is 27.4. The Kier molecular flexibility index (Phi) is 6.56. The lowest BCUT2D eigenvalue weighted by molar-refractivity contribution is -0.153. The summed E-state index contributed by atoms with van der Waals surface area (Å²) in [6.45, 7) is 6.49. The van der Waals surface area contributed by atoms with Crippen molar-refractivity contribution in [3.63, 3.8) is 0 Å². The van der Waals surface area contributed by atoms with Crippen LogP contribution in [0, 0.1) is 18.8 Å². The van der Waals surface area contributed by atoms with E-state index in [4.69, 9.17) is 5.73 Å². The molecule has 1 amide bonds.